The molecule has 0 aliphatic heterocycles. The fraction of sp³-hybridized carbons (Fsp3) is 1.00. The summed E-state index contributed by atoms with van der Waals surface area (Å²) in [7, 11) is 0. The van der Waals surface area contributed by atoms with Gasteiger partial charge in [0.15, 0.2) is 0 Å². The van der Waals surface area contributed by atoms with Crippen molar-refractivity contribution in [3.8, 4) is 0 Å². The monoisotopic (exact) mass is 118 g/mol. The molecule has 1 aliphatic rings. The van der Waals surface area contributed by atoms with Gasteiger partial charge in [-0.25, -0.2) is 4.39 Å². The van der Waals surface area contributed by atoms with Crippen molar-refractivity contribution in [2.45, 2.75) is 25.4 Å². The van der Waals surface area contributed by atoms with Crippen LogP contribution in [0.4, 0.5) is 4.39 Å². The summed E-state index contributed by atoms with van der Waals surface area (Å²) in [5, 5.41) is 9.01. The number of rotatable bonds is 1. The van der Waals surface area contributed by atoms with E-state index in [9.17, 15) is 4.39 Å². The Morgan fingerprint density at radius 2 is 2.25 bits per heavy atom. The van der Waals surface area contributed by atoms with Crippen LogP contribution < -0.4 is 0 Å². The maximum absolute atomic E-state index is 11.7. The van der Waals surface area contributed by atoms with Gasteiger partial charge in [0.1, 0.15) is 6.67 Å². The minimum atomic E-state index is -0.931. The molecule has 1 rings (SSSR count). The van der Waals surface area contributed by atoms with Crippen LogP contribution in [0.5, 0.6) is 0 Å². The van der Waals surface area contributed by atoms with Crippen molar-refractivity contribution in [3.05, 3.63) is 0 Å². The van der Waals surface area contributed by atoms with E-state index in [0.29, 0.717) is 18.8 Å². The quantitative estimate of drug-likeness (QED) is 0.547. The number of hydrogen-bond donors (Lipinski definition) is 1. The lowest BCUT2D eigenvalue weighted by molar-refractivity contribution is -0.0828. The van der Waals surface area contributed by atoms with Gasteiger partial charge in [-0.3, -0.25) is 0 Å². The standard InChI is InChI=1S/C6H11FO/c1-5-2-6(8,3-5)4-7/h5,8H,2-4H2,1H3/t5-,6+. The van der Waals surface area contributed by atoms with Gasteiger partial charge in [0.25, 0.3) is 0 Å². The van der Waals surface area contributed by atoms with Gasteiger partial charge in [0.2, 0.25) is 0 Å². The highest BCUT2D eigenvalue weighted by atomic mass is 19.1. The Labute approximate surface area is 48.5 Å². The highest BCUT2D eigenvalue weighted by molar-refractivity contribution is 4.91. The van der Waals surface area contributed by atoms with Crippen molar-refractivity contribution in [1.82, 2.24) is 0 Å². The van der Waals surface area contributed by atoms with E-state index in [4.69, 9.17) is 5.11 Å². The number of alkyl halides is 1. The van der Waals surface area contributed by atoms with Gasteiger partial charge < -0.3 is 5.11 Å². The molecule has 0 aromatic heterocycles. The highest BCUT2D eigenvalue weighted by Crippen LogP contribution is 2.37. The average molecular weight is 118 g/mol. The van der Waals surface area contributed by atoms with E-state index in [1.165, 1.54) is 0 Å². The molecule has 0 saturated heterocycles. The summed E-state index contributed by atoms with van der Waals surface area (Å²) in [6.45, 7) is 1.45. The van der Waals surface area contributed by atoms with E-state index in [1.807, 2.05) is 6.92 Å². The lowest BCUT2D eigenvalue weighted by Crippen LogP contribution is -2.44. The molecule has 2 heteroatoms. The summed E-state index contributed by atoms with van der Waals surface area (Å²) in [5.74, 6) is 0.524. The van der Waals surface area contributed by atoms with Gasteiger partial charge in [-0.2, -0.15) is 0 Å². The molecule has 48 valence electrons. The first-order chi connectivity index (χ1) is 3.66. The molecule has 0 amide bonds. The third kappa shape index (κ3) is 0.848. The van der Waals surface area contributed by atoms with E-state index in [1.54, 1.807) is 0 Å². The first-order valence-corrected chi connectivity index (χ1v) is 2.95. The second-order valence-electron chi connectivity index (χ2n) is 2.87. The molecule has 1 saturated carbocycles. The number of aliphatic hydroxyl groups is 1. The summed E-state index contributed by atoms with van der Waals surface area (Å²) in [6.07, 6.45) is 1.28. The first-order valence-electron chi connectivity index (χ1n) is 2.95. The van der Waals surface area contributed by atoms with E-state index in [-0.39, 0.29) is 0 Å². The topological polar surface area (TPSA) is 20.2 Å². The van der Waals surface area contributed by atoms with Crippen molar-refractivity contribution in [1.29, 1.82) is 0 Å². The van der Waals surface area contributed by atoms with Crippen LogP contribution in [-0.4, -0.2) is 17.4 Å². The van der Waals surface area contributed by atoms with Crippen molar-refractivity contribution in [3.63, 3.8) is 0 Å². The SMILES string of the molecule is C[C@H]1C[C@](O)(CF)C1. The molecule has 1 N–H and O–H groups in total. The maximum atomic E-state index is 11.7. The normalized spacial score (nSPS) is 46.1. The van der Waals surface area contributed by atoms with Crippen LogP contribution in [0.1, 0.15) is 19.8 Å². The summed E-state index contributed by atoms with van der Waals surface area (Å²) in [4.78, 5) is 0. The molecule has 0 radical (unpaired) electrons. The van der Waals surface area contributed by atoms with Gasteiger partial charge in [-0.05, 0) is 18.8 Å². The van der Waals surface area contributed by atoms with Crippen molar-refractivity contribution in [2.75, 3.05) is 6.67 Å². The molecule has 0 atom stereocenters. The zero-order valence-corrected chi connectivity index (χ0v) is 5.02. The summed E-state index contributed by atoms with van der Waals surface area (Å²) in [5.41, 5.74) is -0.931. The summed E-state index contributed by atoms with van der Waals surface area (Å²) < 4.78 is 11.7. The molecule has 0 aromatic rings. The van der Waals surface area contributed by atoms with E-state index in [2.05, 4.69) is 0 Å². The van der Waals surface area contributed by atoms with Crippen molar-refractivity contribution >= 4 is 0 Å². The van der Waals surface area contributed by atoms with Crippen LogP contribution in [0.2, 0.25) is 0 Å². The van der Waals surface area contributed by atoms with Gasteiger partial charge in [-0.1, -0.05) is 6.92 Å². The fourth-order valence-electron chi connectivity index (χ4n) is 1.35. The molecule has 1 aliphatic carbocycles. The Morgan fingerprint density at radius 1 is 1.75 bits per heavy atom. The Bertz CT molecular complexity index is 86.5. The summed E-state index contributed by atoms with van der Waals surface area (Å²) >= 11 is 0. The van der Waals surface area contributed by atoms with E-state index in [0.717, 1.165) is 0 Å². The molecule has 0 heterocycles. The molecule has 1 nitrogen and oxygen atoms in total. The Morgan fingerprint density at radius 3 is 2.38 bits per heavy atom. The van der Waals surface area contributed by atoms with Crippen LogP contribution >= 0.6 is 0 Å². The van der Waals surface area contributed by atoms with Crippen LogP contribution in [-0.2, 0) is 0 Å². The van der Waals surface area contributed by atoms with E-state index < -0.39 is 12.3 Å². The predicted molar refractivity (Wildman–Crippen MR) is 29.3 cm³/mol. The van der Waals surface area contributed by atoms with Gasteiger partial charge in [-0.15, -0.1) is 0 Å². The van der Waals surface area contributed by atoms with Gasteiger partial charge in [0, 0.05) is 0 Å². The smallest absolute Gasteiger partial charge is 0.118 e. The molecule has 0 unspecified atom stereocenters. The molecule has 0 bridgehead atoms. The number of hydrogen-bond acceptors (Lipinski definition) is 1. The van der Waals surface area contributed by atoms with Crippen LogP contribution in [0, 0.1) is 5.92 Å². The third-order valence-electron chi connectivity index (χ3n) is 1.71. The molecule has 1 fully saturated rings. The number of halogens is 1. The minimum Gasteiger partial charge on any atom is -0.387 e. The lowest BCUT2D eigenvalue weighted by Gasteiger charge is -2.39. The van der Waals surface area contributed by atoms with Crippen molar-refractivity contribution < 1.29 is 9.50 Å². The largest absolute Gasteiger partial charge is 0.387 e. The zero-order valence-electron chi connectivity index (χ0n) is 5.02. The Hall–Kier alpha value is -0.110. The third-order valence-corrected chi connectivity index (χ3v) is 1.71. The minimum absolute atomic E-state index is 0.524. The van der Waals surface area contributed by atoms with Crippen LogP contribution in [0.3, 0.4) is 0 Å². The molecular formula is C6H11FO. The first kappa shape index (κ1) is 6.02. The maximum Gasteiger partial charge on any atom is 0.118 e. The predicted octanol–water partition coefficient (Wildman–Crippen LogP) is 1.12. The average Bonchev–Trinajstić information content (AvgIpc) is 1.63. The molecule has 0 spiro atoms. The Kier molecular flexibility index (Phi) is 1.27. The second kappa shape index (κ2) is 1.69. The van der Waals surface area contributed by atoms with Crippen LogP contribution in [0.25, 0.3) is 0 Å². The molecule has 0 aromatic carbocycles. The summed E-state index contributed by atoms with van der Waals surface area (Å²) in [6, 6.07) is 0. The van der Waals surface area contributed by atoms with E-state index >= 15 is 0 Å². The van der Waals surface area contributed by atoms with Crippen LogP contribution in [0.15, 0.2) is 0 Å². The fourth-order valence-corrected chi connectivity index (χ4v) is 1.35. The molecular weight excluding hydrogens is 107 g/mol. The molecule has 8 heavy (non-hydrogen) atoms. The Balaban J connectivity index is 2.30. The van der Waals surface area contributed by atoms with Gasteiger partial charge >= 0.3 is 0 Å². The van der Waals surface area contributed by atoms with Crippen molar-refractivity contribution in [2.24, 2.45) is 5.92 Å². The lowest BCUT2D eigenvalue weighted by atomic mass is 9.73. The highest BCUT2D eigenvalue weighted by Gasteiger charge is 2.39. The second-order valence-corrected chi connectivity index (χ2v) is 2.87. The zero-order chi connectivity index (χ0) is 6.20. The van der Waals surface area contributed by atoms with Gasteiger partial charge in [0.05, 0.1) is 5.60 Å².